The van der Waals surface area contributed by atoms with Crippen molar-refractivity contribution in [2.75, 3.05) is 50.1 Å². The first kappa shape index (κ1) is 35.1. The van der Waals surface area contributed by atoms with Crippen LogP contribution in [0.2, 0.25) is 0 Å². The number of carbonyl (C=O) groups is 1. The second-order valence-electron chi connectivity index (χ2n) is 15.0. The van der Waals surface area contributed by atoms with Gasteiger partial charge in [-0.25, -0.2) is 14.4 Å². The molecule has 7 rings (SSSR count). The number of piperidine rings is 2. The molecule has 1 aliphatic carbocycles. The molecule has 13 heteroatoms. The number of aromatic nitrogens is 4. The molecule has 0 bridgehead atoms. The molecule has 5 heterocycles. The second-order valence-corrected chi connectivity index (χ2v) is 15.0. The number of hydrogen-bond acceptors (Lipinski definition) is 10. The summed E-state index contributed by atoms with van der Waals surface area (Å²) in [6.45, 7) is 12.0. The van der Waals surface area contributed by atoms with Gasteiger partial charge in [0.15, 0.2) is 11.5 Å². The number of methoxy groups -OCH3 is 1. The highest BCUT2D eigenvalue weighted by atomic mass is 19.1. The lowest BCUT2D eigenvalue weighted by Gasteiger charge is -2.42. The lowest BCUT2D eigenvalue weighted by Crippen LogP contribution is -2.51. The van der Waals surface area contributed by atoms with Crippen molar-refractivity contribution in [2.24, 2.45) is 5.92 Å². The van der Waals surface area contributed by atoms with Crippen molar-refractivity contribution < 1.29 is 13.9 Å². The van der Waals surface area contributed by atoms with Crippen LogP contribution >= 0.6 is 0 Å². The topological polar surface area (TPSA) is 127 Å². The quantitative estimate of drug-likeness (QED) is 0.262. The van der Waals surface area contributed by atoms with Crippen molar-refractivity contribution in [1.29, 1.82) is 5.26 Å². The molecule has 51 heavy (non-hydrogen) atoms. The fourth-order valence-electron chi connectivity index (χ4n) is 8.79. The summed E-state index contributed by atoms with van der Waals surface area (Å²) in [4.78, 5) is 34.8. The Morgan fingerprint density at radius 1 is 1.06 bits per heavy atom. The van der Waals surface area contributed by atoms with Gasteiger partial charge in [0.05, 0.1) is 36.3 Å². The molecular formula is C38H51FN10O2. The Morgan fingerprint density at radius 3 is 2.47 bits per heavy atom. The third-order valence-corrected chi connectivity index (χ3v) is 11.3. The van der Waals surface area contributed by atoms with E-state index in [9.17, 15) is 10.1 Å². The summed E-state index contributed by atoms with van der Waals surface area (Å²) in [6.07, 6.45) is 12.6. The van der Waals surface area contributed by atoms with Crippen LogP contribution < -0.4 is 20.3 Å². The summed E-state index contributed by atoms with van der Waals surface area (Å²) in [5, 5.41) is 16.1. The number of nitriles is 1. The molecule has 12 nitrogen and oxygen atoms in total. The Kier molecular flexibility index (Phi) is 10.4. The maximum atomic E-state index is 15.7. The van der Waals surface area contributed by atoms with Gasteiger partial charge in [0, 0.05) is 43.8 Å². The maximum absolute atomic E-state index is 15.7. The van der Waals surface area contributed by atoms with Gasteiger partial charge < -0.3 is 30.1 Å². The molecule has 4 aliphatic rings. The maximum Gasteiger partial charge on any atom is 0.254 e. The first-order valence-electron chi connectivity index (χ1n) is 18.8. The normalized spacial score (nSPS) is 20.6. The van der Waals surface area contributed by atoms with Gasteiger partial charge in [-0.3, -0.25) is 9.36 Å². The molecular weight excluding hydrogens is 647 g/mol. The molecule has 3 aromatic rings. The van der Waals surface area contributed by atoms with E-state index in [0.29, 0.717) is 29.1 Å². The number of benzene rings is 1. The number of ether oxygens (including phenoxy) is 1. The minimum Gasteiger partial charge on any atom is -0.495 e. The van der Waals surface area contributed by atoms with Crippen molar-refractivity contribution in [3.8, 4) is 17.5 Å². The minimum absolute atomic E-state index is 0.00289. The van der Waals surface area contributed by atoms with Crippen molar-refractivity contribution >= 4 is 23.4 Å². The number of rotatable bonds is 10. The molecule has 1 unspecified atom stereocenters. The highest BCUT2D eigenvalue weighted by Crippen LogP contribution is 2.44. The van der Waals surface area contributed by atoms with Crippen molar-refractivity contribution in [2.45, 2.75) is 103 Å². The number of carbonyl (C=O) groups excluding carboxylic acids is 1. The van der Waals surface area contributed by atoms with Crippen LogP contribution in [0.15, 0.2) is 24.7 Å². The standard InChI is InChI=1S/C38H51FN10O2/c1-5-32-35-31(20-40)42-23-48(35)33-21-41-38(45-36(33)49(32)27-8-6-7-9-27)44-30-19-29(39)28(18-34(30)51-4)37(50)43-25-10-16-47(17-11-25)26-12-14-46(15-13-26)22-24(2)3/h18-19,21,23-27,32H,5-17,22H2,1-4H3,(H,43,50)(H,41,44,45). The molecule has 272 valence electrons. The predicted molar refractivity (Wildman–Crippen MR) is 194 cm³/mol. The molecule has 2 saturated heterocycles. The fourth-order valence-corrected chi connectivity index (χ4v) is 8.79. The molecule has 1 aromatic carbocycles. The number of halogens is 1. The number of fused-ring (bicyclic) bond motifs is 3. The molecule has 1 saturated carbocycles. The summed E-state index contributed by atoms with van der Waals surface area (Å²) in [7, 11) is 1.50. The van der Waals surface area contributed by atoms with E-state index in [1.807, 2.05) is 4.57 Å². The van der Waals surface area contributed by atoms with E-state index in [4.69, 9.17) is 9.72 Å². The Labute approximate surface area is 300 Å². The summed E-state index contributed by atoms with van der Waals surface area (Å²) in [5.41, 5.74) is 2.31. The number of hydrogen-bond donors (Lipinski definition) is 2. The van der Waals surface area contributed by atoms with E-state index in [2.05, 4.69) is 62.1 Å². The molecule has 0 spiro atoms. The van der Waals surface area contributed by atoms with Gasteiger partial charge in [-0.05, 0) is 70.0 Å². The average molecular weight is 699 g/mol. The van der Waals surface area contributed by atoms with E-state index in [1.165, 1.54) is 38.6 Å². The Morgan fingerprint density at radius 2 is 1.80 bits per heavy atom. The zero-order chi connectivity index (χ0) is 35.6. The first-order chi connectivity index (χ1) is 24.8. The van der Waals surface area contributed by atoms with Crippen LogP contribution in [-0.4, -0.2) is 93.2 Å². The van der Waals surface area contributed by atoms with Crippen molar-refractivity contribution in [1.82, 2.24) is 34.6 Å². The smallest absolute Gasteiger partial charge is 0.254 e. The number of likely N-dealkylation sites (tertiary alicyclic amines) is 2. The number of nitrogens with zero attached hydrogens (tertiary/aromatic N) is 8. The van der Waals surface area contributed by atoms with Gasteiger partial charge in [0.1, 0.15) is 29.7 Å². The fraction of sp³-hybridized carbons (Fsp3) is 0.605. The summed E-state index contributed by atoms with van der Waals surface area (Å²) < 4.78 is 23.2. The van der Waals surface area contributed by atoms with Crippen LogP contribution in [-0.2, 0) is 0 Å². The molecule has 2 N–H and O–H groups in total. The van der Waals surface area contributed by atoms with Gasteiger partial charge in [-0.1, -0.05) is 33.6 Å². The zero-order valence-corrected chi connectivity index (χ0v) is 30.4. The molecule has 2 aromatic heterocycles. The molecule has 1 atom stereocenters. The Balaban J connectivity index is 1.04. The van der Waals surface area contributed by atoms with Gasteiger partial charge in [-0.15, -0.1) is 0 Å². The minimum atomic E-state index is -0.648. The summed E-state index contributed by atoms with van der Waals surface area (Å²) in [6, 6.07) is 5.80. The van der Waals surface area contributed by atoms with Crippen LogP contribution in [0.3, 0.4) is 0 Å². The van der Waals surface area contributed by atoms with Crippen LogP contribution in [0.1, 0.15) is 106 Å². The van der Waals surface area contributed by atoms with Gasteiger partial charge >= 0.3 is 0 Å². The highest BCUT2D eigenvalue weighted by Gasteiger charge is 2.39. The molecule has 3 aliphatic heterocycles. The lowest BCUT2D eigenvalue weighted by atomic mass is 9.97. The Hall–Kier alpha value is -4.28. The van der Waals surface area contributed by atoms with Crippen LogP contribution in [0.25, 0.3) is 5.69 Å². The second kappa shape index (κ2) is 15.1. The van der Waals surface area contributed by atoms with E-state index >= 15 is 4.39 Å². The predicted octanol–water partition coefficient (Wildman–Crippen LogP) is 5.95. The average Bonchev–Trinajstić information content (AvgIpc) is 3.82. The highest BCUT2D eigenvalue weighted by molar-refractivity contribution is 5.96. The largest absolute Gasteiger partial charge is 0.495 e. The van der Waals surface area contributed by atoms with Gasteiger partial charge in [0.25, 0.3) is 5.91 Å². The van der Waals surface area contributed by atoms with Crippen LogP contribution in [0.4, 0.5) is 21.8 Å². The SMILES string of the molecule is CCC1c2c(C#N)ncn2-c2cnc(Nc3cc(F)c(C(=O)NC4CCN(C5CCN(CC(C)C)CC5)CC4)cc3OC)nc2N1C1CCCC1. The lowest BCUT2D eigenvalue weighted by molar-refractivity contribution is 0.0737. The van der Waals surface area contributed by atoms with Crippen molar-refractivity contribution in [3.63, 3.8) is 0 Å². The van der Waals surface area contributed by atoms with Gasteiger partial charge in [-0.2, -0.15) is 10.2 Å². The Bertz CT molecular complexity index is 1750. The monoisotopic (exact) mass is 698 g/mol. The van der Waals surface area contributed by atoms with Crippen LogP contribution in [0.5, 0.6) is 5.75 Å². The van der Waals surface area contributed by atoms with Crippen LogP contribution in [0, 0.1) is 23.1 Å². The van der Waals surface area contributed by atoms with E-state index < -0.39 is 11.7 Å². The number of amides is 1. The summed E-state index contributed by atoms with van der Waals surface area (Å²) >= 11 is 0. The third-order valence-electron chi connectivity index (χ3n) is 11.3. The number of imidazole rings is 1. The first-order valence-corrected chi connectivity index (χ1v) is 18.8. The van der Waals surface area contributed by atoms with Gasteiger partial charge in [0.2, 0.25) is 5.95 Å². The molecule has 0 radical (unpaired) electrons. The zero-order valence-electron chi connectivity index (χ0n) is 30.4. The van der Waals surface area contributed by atoms with E-state index in [-0.39, 0.29) is 29.6 Å². The van der Waals surface area contributed by atoms with Crippen molar-refractivity contribution in [3.05, 3.63) is 47.4 Å². The van der Waals surface area contributed by atoms with E-state index in [1.54, 1.807) is 12.5 Å². The number of anilines is 3. The number of nitrogens with one attached hydrogen (secondary N) is 2. The van der Waals surface area contributed by atoms with E-state index in [0.717, 1.165) is 88.3 Å². The third kappa shape index (κ3) is 7.13. The summed E-state index contributed by atoms with van der Waals surface area (Å²) in [5.74, 6) is 0.952. The molecule has 1 amide bonds. The molecule has 3 fully saturated rings.